The molecule has 0 saturated carbocycles. The van der Waals surface area contributed by atoms with Gasteiger partial charge in [0.2, 0.25) is 18.7 Å². The monoisotopic (exact) mass is 323 g/mol. The van der Waals surface area contributed by atoms with E-state index in [9.17, 15) is 19.2 Å². The van der Waals surface area contributed by atoms with Gasteiger partial charge in [-0.2, -0.15) is 0 Å². The topological polar surface area (TPSA) is 95.6 Å². The first kappa shape index (κ1) is 16.2. The van der Waals surface area contributed by atoms with E-state index in [1.54, 1.807) is 0 Å². The van der Waals surface area contributed by atoms with Crippen molar-refractivity contribution in [2.75, 3.05) is 0 Å². The minimum Gasteiger partial charge on any atom is -0.354 e. The number of imide groups is 1. The van der Waals surface area contributed by atoms with Crippen molar-refractivity contribution in [2.45, 2.75) is 38.9 Å². The van der Waals surface area contributed by atoms with E-state index in [0.717, 1.165) is 16.9 Å². The largest absolute Gasteiger partial charge is 0.354 e. The molecular weight excluding hydrogens is 306 g/mol. The second-order valence-corrected chi connectivity index (χ2v) is 6.07. The highest BCUT2D eigenvalue weighted by Crippen LogP contribution is 2.33. The Kier molecular flexibility index (Phi) is 5.26. The molecule has 0 bridgehead atoms. The van der Waals surface area contributed by atoms with E-state index >= 15 is 0 Å². The molecule has 2 N–H and O–H groups in total. The maximum atomic E-state index is 12.5. The van der Waals surface area contributed by atoms with Crippen molar-refractivity contribution in [3.05, 3.63) is 21.4 Å². The zero-order valence-electron chi connectivity index (χ0n) is 12.1. The van der Waals surface area contributed by atoms with Crippen LogP contribution in [0.25, 0.3) is 0 Å². The molecule has 4 amide bonds. The van der Waals surface area contributed by atoms with Crippen LogP contribution in [0, 0.1) is 0 Å². The highest BCUT2D eigenvalue weighted by atomic mass is 32.1. The number of carbonyl (C=O) groups is 4. The van der Waals surface area contributed by atoms with Gasteiger partial charge in [-0.3, -0.25) is 24.5 Å². The number of carbonyl (C=O) groups excluding carboxylic acids is 4. The van der Waals surface area contributed by atoms with Gasteiger partial charge in [-0.1, -0.05) is 13.3 Å². The molecule has 7 nitrogen and oxygen atoms in total. The molecule has 0 fully saturated rings. The Morgan fingerprint density at radius 1 is 1.45 bits per heavy atom. The van der Waals surface area contributed by atoms with Crippen LogP contribution in [0.3, 0.4) is 0 Å². The molecule has 0 aliphatic carbocycles. The number of hydrogen-bond donors (Lipinski definition) is 2. The van der Waals surface area contributed by atoms with E-state index in [1.807, 2.05) is 13.0 Å². The summed E-state index contributed by atoms with van der Waals surface area (Å²) >= 11 is 1.32. The lowest BCUT2D eigenvalue weighted by Gasteiger charge is -2.25. The number of amides is 4. The van der Waals surface area contributed by atoms with Crippen molar-refractivity contribution in [1.29, 1.82) is 0 Å². The van der Waals surface area contributed by atoms with Crippen LogP contribution >= 0.6 is 11.3 Å². The molecular formula is C14H17N3O4S. The van der Waals surface area contributed by atoms with Gasteiger partial charge in [-0.25, -0.2) is 0 Å². The third-order valence-corrected chi connectivity index (χ3v) is 4.62. The molecule has 118 valence electrons. The summed E-state index contributed by atoms with van der Waals surface area (Å²) < 4.78 is 0. The molecule has 0 spiro atoms. The minimum absolute atomic E-state index is 0.197. The molecule has 0 radical (unpaired) electrons. The maximum Gasteiger partial charge on any atom is 0.265 e. The van der Waals surface area contributed by atoms with Crippen molar-refractivity contribution < 1.29 is 19.2 Å². The van der Waals surface area contributed by atoms with E-state index < -0.39 is 11.9 Å². The molecule has 1 aromatic heterocycles. The molecule has 2 rings (SSSR count). The zero-order valence-corrected chi connectivity index (χ0v) is 12.9. The van der Waals surface area contributed by atoms with E-state index in [-0.39, 0.29) is 5.91 Å². The van der Waals surface area contributed by atoms with E-state index in [1.165, 1.54) is 16.2 Å². The van der Waals surface area contributed by atoms with Crippen molar-refractivity contribution in [3.8, 4) is 0 Å². The highest BCUT2D eigenvalue weighted by molar-refractivity contribution is 7.14. The highest BCUT2D eigenvalue weighted by Gasteiger charge is 2.37. The lowest BCUT2D eigenvalue weighted by atomic mass is 10.1. The summed E-state index contributed by atoms with van der Waals surface area (Å²) in [5.74, 6) is -0.653. The second-order valence-electron chi connectivity index (χ2n) is 4.93. The molecule has 2 heterocycles. The Hall–Kier alpha value is -2.22. The Bertz CT molecular complexity index is 599. The number of thiophene rings is 1. The first-order chi connectivity index (χ1) is 10.6. The average Bonchev–Trinajstić information content (AvgIpc) is 3.02. The summed E-state index contributed by atoms with van der Waals surface area (Å²) in [4.78, 5) is 48.2. The summed E-state index contributed by atoms with van der Waals surface area (Å²) in [5, 5.41) is 4.69. The smallest absolute Gasteiger partial charge is 0.265 e. The fraction of sp³-hybridized carbons (Fsp3) is 0.429. The Morgan fingerprint density at radius 2 is 2.23 bits per heavy atom. The first-order valence-corrected chi connectivity index (χ1v) is 7.77. The van der Waals surface area contributed by atoms with Gasteiger partial charge in [0.15, 0.2) is 0 Å². The first-order valence-electron chi connectivity index (χ1n) is 6.96. The van der Waals surface area contributed by atoms with Crippen LogP contribution in [0.15, 0.2) is 6.07 Å². The third-order valence-electron chi connectivity index (χ3n) is 3.46. The van der Waals surface area contributed by atoms with Gasteiger partial charge >= 0.3 is 0 Å². The van der Waals surface area contributed by atoms with Crippen molar-refractivity contribution in [1.82, 2.24) is 15.5 Å². The molecule has 22 heavy (non-hydrogen) atoms. The standard InChI is InChI=1S/C14H17N3O4S/c1-2-3-11(13(20)16-8-19)17-6-9-4-10(5-15-7-18)22-12(9)14(17)21/h4,7-8,11H,2-3,5-6H2,1H3,(H,15,18)(H,16,19,20). The third kappa shape index (κ3) is 3.16. The lowest BCUT2D eigenvalue weighted by Crippen LogP contribution is -2.46. The predicted molar refractivity (Wildman–Crippen MR) is 80.0 cm³/mol. The summed E-state index contributed by atoms with van der Waals surface area (Å²) in [6, 6.07) is 1.23. The average molecular weight is 323 g/mol. The Labute approximate surface area is 131 Å². The summed E-state index contributed by atoms with van der Waals surface area (Å²) in [7, 11) is 0. The van der Waals surface area contributed by atoms with Gasteiger partial charge in [-0.05, 0) is 18.1 Å². The van der Waals surface area contributed by atoms with Crippen LogP contribution < -0.4 is 10.6 Å². The van der Waals surface area contributed by atoms with Crippen LogP contribution in [0.2, 0.25) is 0 Å². The van der Waals surface area contributed by atoms with E-state index in [4.69, 9.17) is 0 Å². The zero-order chi connectivity index (χ0) is 16.1. The van der Waals surface area contributed by atoms with E-state index in [2.05, 4.69) is 10.6 Å². The van der Waals surface area contributed by atoms with Gasteiger partial charge in [0.25, 0.3) is 5.91 Å². The van der Waals surface area contributed by atoms with Gasteiger partial charge < -0.3 is 10.2 Å². The number of fused-ring (bicyclic) bond motifs is 1. The molecule has 0 saturated heterocycles. The lowest BCUT2D eigenvalue weighted by molar-refractivity contribution is -0.129. The summed E-state index contributed by atoms with van der Waals surface area (Å²) in [5.41, 5.74) is 0.859. The molecule has 1 atom stereocenters. The Morgan fingerprint density at radius 3 is 2.82 bits per heavy atom. The van der Waals surface area contributed by atoms with Gasteiger partial charge in [0.05, 0.1) is 11.4 Å². The normalized spacial score (nSPS) is 14.4. The van der Waals surface area contributed by atoms with Crippen LogP contribution in [-0.2, 0) is 27.5 Å². The maximum absolute atomic E-state index is 12.5. The number of rotatable bonds is 8. The fourth-order valence-electron chi connectivity index (χ4n) is 2.51. The number of hydrogen-bond acceptors (Lipinski definition) is 5. The SMILES string of the molecule is CCCC(C(=O)NC=O)N1Cc2cc(CNC=O)sc2C1=O. The van der Waals surface area contributed by atoms with Gasteiger partial charge in [0, 0.05) is 11.4 Å². The predicted octanol–water partition coefficient (Wildman–Crippen LogP) is 0.391. The Balaban J connectivity index is 2.15. The molecule has 1 aromatic rings. The van der Waals surface area contributed by atoms with Crippen LogP contribution in [0.1, 0.15) is 39.9 Å². The minimum atomic E-state index is -0.640. The summed E-state index contributed by atoms with van der Waals surface area (Å²) in [6.07, 6.45) is 2.17. The number of nitrogens with one attached hydrogen (secondary N) is 2. The molecule has 8 heteroatoms. The quantitative estimate of drug-likeness (QED) is 0.677. The fourth-order valence-corrected chi connectivity index (χ4v) is 3.59. The number of nitrogens with zero attached hydrogens (tertiary/aromatic N) is 1. The van der Waals surface area contributed by atoms with Crippen molar-refractivity contribution in [3.63, 3.8) is 0 Å². The molecule has 1 unspecified atom stereocenters. The molecule has 1 aliphatic rings. The van der Waals surface area contributed by atoms with E-state index in [0.29, 0.717) is 37.2 Å². The molecule has 0 aromatic carbocycles. The van der Waals surface area contributed by atoms with Crippen LogP contribution in [0.4, 0.5) is 0 Å². The van der Waals surface area contributed by atoms with Crippen molar-refractivity contribution in [2.24, 2.45) is 0 Å². The summed E-state index contributed by atoms with van der Waals surface area (Å²) in [6.45, 7) is 2.65. The van der Waals surface area contributed by atoms with Crippen molar-refractivity contribution >= 4 is 36.0 Å². The molecule has 1 aliphatic heterocycles. The van der Waals surface area contributed by atoms with Crippen LogP contribution in [-0.4, -0.2) is 35.6 Å². The van der Waals surface area contributed by atoms with Gasteiger partial charge in [-0.15, -0.1) is 11.3 Å². The second kappa shape index (κ2) is 7.17. The van der Waals surface area contributed by atoms with Crippen LogP contribution in [0.5, 0.6) is 0 Å². The van der Waals surface area contributed by atoms with Gasteiger partial charge in [0.1, 0.15) is 6.04 Å².